The van der Waals surface area contributed by atoms with Crippen molar-refractivity contribution in [3.05, 3.63) is 75.8 Å². The number of carbonyl (C=O) groups is 2. The molecule has 0 saturated carbocycles. The Morgan fingerprint density at radius 2 is 1.84 bits per heavy atom. The van der Waals surface area contributed by atoms with Gasteiger partial charge in [0.15, 0.2) is 0 Å². The average molecular weight is 470 g/mol. The van der Waals surface area contributed by atoms with E-state index in [1.165, 1.54) is 18.3 Å². The number of nitrogens with zero attached hydrogens (tertiary/aromatic N) is 1. The van der Waals surface area contributed by atoms with Crippen molar-refractivity contribution < 1.29 is 27.2 Å². The van der Waals surface area contributed by atoms with Crippen LogP contribution in [0.3, 0.4) is 0 Å². The minimum atomic E-state index is -4.57. The molecule has 0 aliphatic heterocycles. The maximum absolute atomic E-state index is 14.0. The topological polar surface area (TPSA) is 113 Å². The van der Waals surface area contributed by atoms with Gasteiger partial charge in [0, 0.05) is 11.3 Å². The molecule has 0 spiro atoms. The highest BCUT2D eigenvalue weighted by Gasteiger charge is 2.31. The van der Waals surface area contributed by atoms with Gasteiger partial charge in [-0.25, -0.2) is 9.18 Å². The van der Waals surface area contributed by atoms with Crippen LogP contribution < -0.4 is 16.4 Å². The number of aryl methyl sites for hydroxylation is 2. The van der Waals surface area contributed by atoms with Crippen molar-refractivity contribution in [2.24, 2.45) is 5.73 Å². The number of hydrogen-bond acceptors (Lipinski definition) is 3. The Bertz CT molecular complexity index is 1160. The number of urea groups is 1. The lowest BCUT2D eigenvalue weighted by Gasteiger charge is -2.12. The van der Waals surface area contributed by atoms with E-state index in [1.807, 2.05) is 0 Å². The molecule has 3 amide bonds. The molecule has 3 aromatic rings. The van der Waals surface area contributed by atoms with Crippen LogP contribution in [0.25, 0.3) is 0 Å². The van der Waals surface area contributed by atoms with E-state index in [4.69, 9.17) is 17.3 Å². The smallest absolute Gasteiger partial charge is 0.364 e. The molecule has 2 aromatic carbocycles. The zero-order valence-corrected chi connectivity index (χ0v) is 16.9. The number of alkyl halides is 3. The molecule has 12 heteroatoms. The van der Waals surface area contributed by atoms with Gasteiger partial charge >= 0.3 is 12.2 Å². The normalized spacial score (nSPS) is 11.3. The Labute approximate surface area is 183 Å². The van der Waals surface area contributed by atoms with Crippen LogP contribution in [0.15, 0.2) is 42.6 Å². The van der Waals surface area contributed by atoms with Crippen molar-refractivity contribution in [2.45, 2.75) is 19.0 Å². The highest BCUT2D eigenvalue weighted by molar-refractivity contribution is 6.33. The SMILES string of the molecule is NC(=O)c1[nH]ncc1CCc1cc(F)cc(NC(=O)Nc2ccc(C(F)(F)F)cc2Cl)c1. The number of amides is 3. The molecule has 5 N–H and O–H groups in total. The number of aromatic amines is 1. The molecular formula is C20H16ClF4N5O2. The zero-order valence-electron chi connectivity index (χ0n) is 16.2. The molecule has 7 nitrogen and oxygen atoms in total. The number of hydrogen-bond donors (Lipinski definition) is 4. The summed E-state index contributed by atoms with van der Waals surface area (Å²) < 4.78 is 52.2. The fraction of sp³-hybridized carbons (Fsp3) is 0.150. The standard InChI is InChI=1S/C20H16ClF4N5O2/c21-15-7-12(20(23,24)25)3-4-16(15)29-19(32)28-14-6-10(5-13(22)8-14)1-2-11-9-27-30-17(11)18(26)31/h3-9H,1-2H2,(H2,26,31)(H,27,30)(H2,28,29,32). The van der Waals surface area contributed by atoms with E-state index in [-0.39, 0.29) is 22.1 Å². The van der Waals surface area contributed by atoms with E-state index in [9.17, 15) is 27.2 Å². The molecule has 0 bridgehead atoms. The summed E-state index contributed by atoms with van der Waals surface area (Å²) in [7, 11) is 0. The van der Waals surface area contributed by atoms with Gasteiger partial charge < -0.3 is 16.4 Å². The predicted octanol–water partition coefficient (Wildman–Crippen LogP) is 4.75. The van der Waals surface area contributed by atoms with Gasteiger partial charge in [0.1, 0.15) is 11.5 Å². The van der Waals surface area contributed by atoms with E-state index in [0.717, 1.165) is 18.2 Å². The summed E-state index contributed by atoms with van der Waals surface area (Å²) >= 11 is 5.81. The Balaban J connectivity index is 1.67. The van der Waals surface area contributed by atoms with Crippen molar-refractivity contribution in [1.29, 1.82) is 0 Å². The third kappa shape index (κ3) is 5.76. The fourth-order valence-corrected chi connectivity index (χ4v) is 3.17. The van der Waals surface area contributed by atoms with Crippen molar-refractivity contribution >= 4 is 34.9 Å². The van der Waals surface area contributed by atoms with Crippen LogP contribution in [0.4, 0.5) is 33.7 Å². The van der Waals surface area contributed by atoms with Crippen LogP contribution in [-0.2, 0) is 19.0 Å². The first-order valence-corrected chi connectivity index (χ1v) is 9.47. The molecule has 0 aliphatic rings. The second-order valence-electron chi connectivity index (χ2n) is 6.75. The third-order valence-corrected chi connectivity index (χ3v) is 4.72. The highest BCUT2D eigenvalue weighted by Crippen LogP contribution is 2.33. The largest absolute Gasteiger partial charge is 0.416 e. The number of rotatable bonds is 6. The van der Waals surface area contributed by atoms with E-state index in [1.54, 1.807) is 0 Å². The van der Waals surface area contributed by atoms with Crippen LogP contribution in [-0.4, -0.2) is 22.1 Å². The van der Waals surface area contributed by atoms with E-state index >= 15 is 0 Å². The molecule has 0 saturated heterocycles. The summed E-state index contributed by atoms with van der Waals surface area (Å²) in [6, 6.07) is 5.51. The first-order valence-electron chi connectivity index (χ1n) is 9.09. The number of carbonyl (C=O) groups excluding carboxylic acids is 2. The molecule has 0 atom stereocenters. The lowest BCUT2D eigenvalue weighted by molar-refractivity contribution is -0.137. The molecule has 0 aliphatic carbocycles. The summed E-state index contributed by atoms with van der Waals surface area (Å²) in [5.41, 5.74) is 5.59. The number of benzene rings is 2. The molecule has 0 unspecified atom stereocenters. The van der Waals surface area contributed by atoms with Crippen LogP contribution in [0.1, 0.15) is 27.2 Å². The molecule has 1 heterocycles. The van der Waals surface area contributed by atoms with Gasteiger partial charge in [-0.15, -0.1) is 0 Å². The number of H-pyrrole nitrogens is 1. The fourth-order valence-electron chi connectivity index (χ4n) is 2.94. The maximum atomic E-state index is 14.0. The van der Waals surface area contributed by atoms with Gasteiger partial charge in [-0.05, 0) is 54.8 Å². The highest BCUT2D eigenvalue weighted by atomic mass is 35.5. The van der Waals surface area contributed by atoms with Crippen LogP contribution in [0, 0.1) is 5.82 Å². The summed E-state index contributed by atoms with van der Waals surface area (Å²) in [6.45, 7) is 0. The minimum Gasteiger partial charge on any atom is -0.364 e. The summed E-state index contributed by atoms with van der Waals surface area (Å²) in [5.74, 6) is -1.29. The van der Waals surface area contributed by atoms with Gasteiger partial charge in [-0.2, -0.15) is 18.3 Å². The zero-order chi connectivity index (χ0) is 23.5. The monoisotopic (exact) mass is 469 g/mol. The van der Waals surface area contributed by atoms with Gasteiger partial charge in [-0.1, -0.05) is 11.6 Å². The van der Waals surface area contributed by atoms with Crippen molar-refractivity contribution in [3.63, 3.8) is 0 Å². The van der Waals surface area contributed by atoms with Gasteiger partial charge in [0.25, 0.3) is 5.91 Å². The molecule has 0 radical (unpaired) electrons. The lowest BCUT2D eigenvalue weighted by atomic mass is 10.0. The summed E-state index contributed by atoms with van der Waals surface area (Å²) in [4.78, 5) is 23.6. The van der Waals surface area contributed by atoms with E-state index < -0.39 is 29.5 Å². The van der Waals surface area contributed by atoms with Crippen LogP contribution >= 0.6 is 11.6 Å². The van der Waals surface area contributed by atoms with Gasteiger partial charge in [0.05, 0.1) is 22.5 Å². The molecule has 0 fully saturated rings. The molecule has 168 valence electrons. The van der Waals surface area contributed by atoms with E-state index in [0.29, 0.717) is 30.0 Å². The first kappa shape index (κ1) is 23.1. The Kier molecular flexibility index (Phi) is 6.68. The quantitative estimate of drug-likeness (QED) is 0.391. The van der Waals surface area contributed by atoms with Crippen molar-refractivity contribution in [3.8, 4) is 0 Å². The maximum Gasteiger partial charge on any atom is 0.416 e. The number of nitrogens with one attached hydrogen (secondary N) is 3. The first-order chi connectivity index (χ1) is 15.0. The number of nitrogens with two attached hydrogens (primary N) is 1. The van der Waals surface area contributed by atoms with Crippen molar-refractivity contribution in [2.75, 3.05) is 10.6 Å². The minimum absolute atomic E-state index is 0.0484. The van der Waals surface area contributed by atoms with Crippen LogP contribution in [0.2, 0.25) is 5.02 Å². The average Bonchev–Trinajstić information content (AvgIpc) is 3.15. The molecule has 32 heavy (non-hydrogen) atoms. The van der Waals surface area contributed by atoms with E-state index in [2.05, 4.69) is 20.8 Å². The summed E-state index contributed by atoms with van der Waals surface area (Å²) in [5, 5.41) is 10.7. The second-order valence-corrected chi connectivity index (χ2v) is 7.16. The Hall–Kier alpha value is -3.60. The molecule has 1 aromatic heterocycles. The number of aromatic nitrogens is 2. The second kappa shape index (κ2) is 9.27. The van der Waals surface area contributed by atoms with Crippen molar-refractivity contribution in [1.82, 2.24) is 10.2 Å². The lowest BCUT2D eigenvalue weighted by Crippen LogP contribution is -2.20. The number of anilines is 2. The Morgan fingerprint density at radius 1 is 1.09 bits per heavy atom. The predicted molar refractivity (Wildman–Crippen MR) is 110 cm³/mol. The third-order valence-electron chi connectivity index (χ3n) is 4.41. The van der Waals surface area contributed by atoms with Gasteiger partial charge in [0.2, 0.25) is 0 Å². The number of primary amides is 1. The molecule has 3 rings (SSSR count). The number of halogens is 5. The van der Waals surface area contributed by atoms with Gasteiger partial charge in [-0.3, -0.25) is 9.89 Å². The summed E-state index contributed by atoms with van der Waals surface area (Å²) in [6.07, 6.45) is -2.47. The Morgan fingerprint density at radius 3 is 2.50 bits per heavy atom. The van der Waals surface area contributed by atoms with Crippen LogP contribution in [0.5, 0.6) is 0 Å². The molecular weight excluding hydrogens is 454 g/mol.